The summed E-state index contributed by atoms with van der Waals surface area (Å²) in [5.74, 6) is -3.60. The Morgan fingerprint density at radius 3 is 2.16 bits per heavy atom. The maximum atomic E-state index is 14.9. The molecule has 2 saturated carbocycles. The third kappa shape index (κ3) is 8.03. The van der Waals surface area contributed by atoms with Gasteiger partial charge in [-0.15, -0.1) is 0 Å². The molecule has 37 heavy (non-hydrogen) atoms. The number of aryl methyl sites for hydroxylation is 1. The Labute approximate surface area is 230 Å². The van der Waals surface area contributed by atoms with Crippen LogP contribution < -0.4 is 5.73 Å². The summed E-state index contributed by atoms with van der Waals surface area (Å²) in [6, 6.07) is 3.35. The molecule has 0 heterocycles. The molecule has 0 saturated heterocycles. The first-order valence-corrected chi connectivity index (χ1v) is 14.1. The van der Waals surface area contributed by atoms with Gasteiger partial charge < -0.3 is 10.6 Å². The Bertz CT molecular complexity index is 1010. The Morgan fingerprint density at radius 1 is 1.11 bits per heavy atom. The molecule has 1 amide bonds. The highest BCUT2D eigenvalue weighted by Crippen LogP contribution is 2.34. The standard InChI is InChI=1S/C29H39Cl2F2N3O/c1-19-14-24(30)26(25(31)15-19)20(2)17-36(18-21-10-6-4-7-11-21)28(37)23(16-34)27(29(3,32)33)35-22-12-8-5-9-13-22/h14-16,21-22H,2,4-13,17-18,34H2,1,3H3. The van der Waals surface area contributed by atoms with E-state index in [0.29, 0.717) is 27.7 Å². The van der Waals surface area contributed by atoms with Crippen molar-refractivity contribution >= 4 is 40.4 Å². The number of halogens is 4. The monoisotopic (exact) mass is 553 g/mol. The summed E-state index contributed by atoms with van der Waals surface area (Å²) >= 11 is 13.0. The number of carbonyl (C=O) groups is 1. The van der Waals surface area contributed by atoms with Gasteiger partial charge in [-0.2, -0.15) is 8.78 Å². The number of benzene rings is 1. The molecule has 0 atom stereocenters. The van der Waals surface area contributed by atoms with Crippen LogP contribution in [-0.4, -0.2) is 41.6 Å². The third-order valence-corrected chi connectivity index (χ3v) is 7.96. The van der Waals surface area contributed by atoms with E-state index < -0.39 is 17.5 Å². The van der Waals surface area contributed by atoms with Crippen molar-refractivity contribution < 1.29 is 13.6 Å². The molecule has 2 aliphatic rings. The second-order valence-corrected chi connectivity index (χ2v) is 11.4. The molecular weight excluding hydrogens is 515 g/mol. The number of nitrogens with zero attached hydrogens (tertiary/aromatic N) is 2. The highest BCUT2D eigenvalue weighted by Gasteiger charge is 2.38. The van der Waals surface area contributed by atoms with Crippen molar-refractivity contribution in [3.05, 3.63) is 51.7 Å². The van der Waals surface area contributed by atoms with E-state index in [-0.39, 0.29) is 24.1 Å². The Kier molecular flexibility index (Phi) is 10.6. The van der Waals surface area contributed by atoms with E-state index in [1.54, 1.807) is 17.0 Å². The molecule has 0 radical (unpaired) electrons. The van der Waals surface area contributed by atoms with E-state index in [1.165, 1.54) is 6.42 Å². The number of alkyl halides is 2. The minimum Gasteiger partial charge on any atom is -0.404 e. The SMILES string of the molecule is C=C(CN(CC1CCCCC1)C(=O)C(=CN)C(=NC1CCCCC1)C(C)(F)F)c1c(Cl)cc(C)cc1Cl. The van der Waals surface area contributed by atoms with Crippen molar-refractivity contribution in [3.63, 3.8) is 0 Å². The third-order valence-electron chi connectivity index (χ3n) is 7.37. The fraction of sp³-hybridized carbons (Fsp3) is 0.586. The predicted octanol–water partition coefficient (Wildman–Crippen LogP) is 8.00. The molecule has 3 rings (SSSR count). The van der Waals surface area contributed by atoms with E-state index in [4.69, 9.17) is 28.9 Å². The van der Waals surface area contributed by atoms with Gasteiger partial charge in [0.05, 0.1) is 11.6 Å². The highest BCUT2D eigenvalue weighted by molar-refractivity contribution is 6.37. The molecule has 0 bridgehead atoms. The summed E-state index contributed by atoms with van der Waals surface area (Å²) < 4.78 is 29.8. The fourth-order valence-corrected chi connectivity index (χ4v) is 6.35. The average molecular weight is 555 g/mol. The van der Waals surface area contributed by atoms with Crippen molar-refractivity contribution in [2.24, 2.45) is 16.6 Å². The minimum absolute atomic E-state index is 0.0984. The molecular formula is C29H39Cl2F2N3O. The van der Waals surface area contributed by atoms with Crippen molar-refractivity contribution in [2.75, 3.05) is 13.1 Å². The van der Waals surface area contributed by atoms with Crippen molar-refractivity contribution in [1.29, 1.82) is 0 Å². The van der Waals surface area contributed by atoms with E-state index >= 15 is 0 Å². The normalized spacial score (nSPS) is 18.6. The van der Waals surface area contributed by atoms with Crippen LogP contribution in [0.15, 0.2) is 35.5 Å². The Hall–Kier alpha value is -1.92. The van der Waals surface area contributed by atoms with Crippen LogP contribution in [0.3, 0.4) is 0 Å². The van der Waals surface area contributed by atoms with Crippen LogP contribution >= 0.6 is 23.2 Å². The molecule has 2 N–H and O–H groups in total. The molecule has 1 aromatic carbocycles. The lowest BCUT2D eigenvalue weighted by molar-refractivity contribution is -0.126. The van der Waals surface area contributed by atoms with Gasteiger partial charge in [-0.3, -0.25) is 9.79 Å². The summed E-state index contributed by atoms with van der Waals surface area (Å²) in [7, 11) is 0. The van der Waals surface area contributed by atoms with Gasteiger partial charge in [0, 0.05) is 41.8 Å². The van der Waals surface area contributed by atoms with Crippen molar-refractivity contribution in [2.45, 2.75) is 90.0 Å². The summed E-state index contributed by atoms with van der Waals surface area (Å²) in [6.07, 6.45) is 10.7. The summed E-state index contributed by atoms with van der Waals surface area (Å²) in [6.45, 7) is 7.36. The van der Waals surface area contributed by atoms with Crippen LogP contribution in [-0.2, 0) is 4.79 Å². The number of carbonyl (C=O) groups excluding carboxylic acids is 1. The molecule has 0 aliphatic heterocycles. The predicted molar refractivity (Wildman–Crippen MR) is 151 cm³/mol. The minimum atomic E-state index is -3.31. The maximum absolute atomic E-state index is 14.9. The van der Waals surface area contributed by atoms with Gasteiger partial charge in [-0.1, -0.05) is 68.3 Å². The van der Waals surface area contributed by atoms with E-state index in [9.17, 15) is 13.6 Å². The van der Waals surface area contributed by atoms with Crippen LogP contribution in [0.1, 0.15) is 82.3 Å². The lowest BCUT2D eigenvalue weighted by atomic mass is 9.88. The first-order chi connectivity index (χ1) is 17.5. The quantitative estimate of drug-likeness (QED) is 0.248. The molecule has 1 aromatic rings. The Morgan fingerprint density at radius 2 is 1.65 bits per heavy atom. The number of nitrogens with two attached hydrogens (primary N) is 1. The van der Waals surface area contributed by atoms with Gasteiger partial charge in [0.25, 0.3) is 11.8 Å². The van der Waals surface area contributed by atoms with Gasteiger partial charge in [0.1, 0.15) is 5.71 Å². The number of hydrogen-bond acceptors (Lipinski definition) is 3. The molecule has 8 heteroatoms. The molecule has 0 spiro atoms. The smallest absolute Gasteiger partial charge is 0.287 e. The first-order valence-electron chi connectivity index (χ1n) is 13.3. The maximum Gasteiger partial charge on any atom is 0.287 e. The lowest BCUT2D eigenvalue weighted by Crippen LogP contribution is -2.42. The van der Waals surface area contributed by atoms with Gasteiger partial charge in [-0.05, 0) is 61.8 Å². The second-order valence-electron chi connectivity index (χ2n) is 10.6. The fourth-order valence-electron chi connectivity index (χ4n) is 5.48. The number of hydrogen-bond donors (Lipinski definition) is 1. The topological polar surface area (TPSA) is 58.7 Å². The number of rotatable bonds is 9. The molecule has 2 aliphatic carbocycles. The van der Waals surface area contributed by atoms with Crippen LogP contribution in [0.25, 0.3) is 5.57 Å². The van der Waals surface area contributed by atoms with Crippen LogP contribution in [0.5, 0.6) is 0 Å². The summed E-state index contributed by atoms with van der Waals surface area (Å²) in [5, 5.41) is 0.878. The van der Waals surface area contributed by atoms with Crippen LogP contribution in [0.4, 0.5) is 8.78 Å². The number of aliphatic imine (C=N–C) groups is 1. The lowest BCUT2D eigenvalue weighted by Gasteiger charge is -2.32. The summed E-state index contributed by atoms with van der Waals surface area (Å²) in [5.41, 5.74) is 7.10. The van der Waals surface area contributed by atoms with Crippen LogP contribution in [0, 0.1) is 12.8 Å². The van der Waals surface area contributed by atoms with Gasteiger partial charge in [0.15, 0.2) is 0 Å². The Balaban J connectivity index is 1.95. The molecule has 0 unspecified atom stereocenters. The van der Waals surface area contributed by atoms with E-state index in [2.05, 4.69) is 11.6 Å². The van der Waals surface area contributed by atoms with Crippen molar-refractivity contribution in [1.82, 2.24) is 4.90 Å². The van der Waals surface area contributed by atoms with Gasteiger partial charge >= 0.3 is 0 Å². The van der Waals surface area contributed by atoms with Gasteiger partial charge in [-0.25, -0.2) is 0 Å². The largest absolute Gasteiger partial charge is 0.404 e. The molecule has 204 valence electrons. The average Bonchev–Trinajstić information content (AvgIpc) is 2.83. The van der Waals surface area contributed by atoms with Crippen molar-refractivity contribution in [3.8, 4) is 0 Å². The zero-order chi connectivity index (χ0) is 27.2. The van der Waals surface area contributed by atoms with E-state index in [1.807, 2.05) is 6.92 Å². The summed E-state index contributed by atoms with van der Waals surface area (Å²) in [4.78, 5) is 19.9. The highest BCUT2D eigenvalue weighted by atomic mass is 35.5. The van der Waals surface area contributed by atoms with E-state index in [0.717, 1.165) is 76.5 Å². The zero-order valence-electron chi connectivity index (χ0n) is 22.0. The molecule has 4 nitrogen and oxygen atoms in total. The van der Waals surface area contributed by atoms with Gasteiger partial charge in [0.2, 0.25) is 0 Å². The first kappa shape index (κ1) is 29.6. The zero-order valence-corrected chi connectivity index (χ0v) is 23.5. The molecule has 2 fully saturated rings. The number of amides is 1. The molecule has 0 aromatic heterocycles. The second kappa shape index (κ2) is 13.2. The van der Waals surface area contributed by atoms with Crippen LogP contribution in [0.2, 0.25) is 10.0 Å².